The van der Waals surface area contributed by atoms with Crippen LogP contribution in [0.15, 0.2) is 0 Å². The van der Waals surface area contributed by atoms with Crippen LogP contribution < -0.4 is 10.6 Å². The number of amides is 2. The van der Waals surface area contributed by atoms with Gasteiger partial charge >= 0.3 is 11.9 Å². The molecule has 0 aliphatic heterocycles. The van der Waals surface area contributed by atoms with E-state index in [2.05, 4.69) is 10.6 Å². The molecule has 0 unspecified atom stereocenters. The number of hydrogen-bond acceptors (Lipinski definition) is 6. The molecular weight excluding hydrogens is 412 g/mol. The zero-order valence-corrected chi connectivity index (χ0v) is 19.7. The summed E-state index contributed by atoms with van der Waals surface area (Å²) >= 11 is 0. The number of rotatable bonds is 11. The molecule has 0 aromatic rings. The van der Waals surface area contributed by atoms with Gasteiger partial charge in [-0.25, -0.2) is 0 Å². The van der Waals surface area contributed by atoms with E-state index in [1.54, 1.807) is 13.8 Å². The molecule has 2 aliphatic carbocycles. The van der Waals surface area contributed by atoms with Crippen molar-refractivity contribution in [3.05, 3.63) is 0 Å². The first kappa shape index (κ1) is 26.1. The lowest BCUT2D eigenvalue weighted by molar-refractivity contribution is -0.157. The lowest BCUT2D eigenvalue weighted by Crippen LogP contribution is -2.46. The smallest absolute Gasteiger partial charge is 0.318 e. The molecule has 8 nitrogen and oxygen atoms in total. The summed E-state index contributed by atoms with van der Waals surface area (Å²) in [6.45, 7) is 4.32. The summed E-state index contributed by atoms with van der Waals surface area (Å²) in [6, 6.07) is 0. The van der Waals surface area contributed by atoms with E-state index in [-0.39, 0.29) is 50.0 Å². The third kappa shape index (κ3) is 7.78. The van der Waals surface area contributed by atoms with Gasteiger partial charge in [0.25, 0.3) is 0 Å². The van der Waals surface area contributed by atoms with Crippen LogP contribution in [0.2, 0.25) is 0 Å². The number of hydrogen-bond donors (Lipinski definition) is 2. The fraction of sp³-hybridized carbons (Fsp3) is 0.833. The number of nitrogens with one attached hydrogen (secondary N) is 2. The van der Waals surface area contributed by atoms with Crippen LogP contribution in [0.4, 0.5) is 0 Å². The minimum absolute atomic E-state index is 0.00288. The Hall–Kier alpha value is -2.12. The molecule has 0 bridgehead atoms. The Morgan fingerprint density at radius 2 is 1.00 bits per heavy atom. The molecule has 2 N–H and O–H groups in total. The van der Waals surface area contributed by atoms with Gasteiger partial charge in [-0.1, -0.05) is 38.5 Å². The lowest BCUT2D eigenvalue weighted by Gasteiger charge is -2.28. The van der Waals surface area contributed by atoms with Crippen molar-refractivity contribution in [3.8, 4) is 0 Å². The fourth-order valence-corrected chi connectivity index (χ4v) is 5.02. The summed E-state index contributed by atoms with van der Waals surface area (Å²) in [4.78, 5) is 50.4. The van der Waals surface area contributed by atoms with Gasteiger partial charge in [-0.15, -0.1) is 0 Å². The maximum Gasteiger partial charge on any atom is 0.318 e. The summed E-state index contributed by atoms with van der Waals surface area (Å²) in [5.41, 5.74) is 0. The molecule has 2 rings (SSSR count). The van der Waals surface area contributed by atoms with Gasteiger partial charge in [0.05, 0.1) is 13.2 Å². The predicted octanol–water partition coefficient (Wildman–Crippen LogP) is 2.74. The third-order valence-corrected chi connectivity index (χ3v) is 6.61. The van der Waals surface area contributed by atoms with Gasteiger partial charge in [0.1, 0.15) is 11.8 Å². The second-order valence-corrected chi connectivity index (χ2v) is 8.84. The van der Waals surface area contributed by atoms with E-state index >= 15 is 0 Å². The van der Waals surface area contributed by atoms with E-state index in [0.29, 0.717) is 0 Å². The molecule has 0 spiro atoms. The molecule has 2 fully saturated rings. The van der Waals surface area contributed by atoms with Gasteiger partial charge in [-0.3, -0.25) is 19.2 Å². The molecule has 0 aromatic carbocycles. The summed E-state index contributed by atoms with van der Waals surface area (Å²) in [6.07, 6.45) is 9.69. The minimum Gasteiger partial charge on any atom is -0.465 e. The first-order valence-electron chi connectivity index (χ1n) is 12.4. The maximum absolute atomic E-state index is 12.8. The number of carbonyl (C=O) groups is 4. The molecule has 2 amide bonds. The first-order chi connectivity index (χ1) is 15.5. The van der Waals surface area contributed by atoms with Crippen LogP contribution >= 0.6 is 0 Å². The van der Waals surface area contributed by atoms with Crippen molar-refractivity contribution in [1.29, 1.82) is 0 Å². The second kappa shape index (κ2) is 14.1. The van der Waals surface area contributed by atoms with Gasteiger partial charge in [0.2, 0.25) is 11.8 Å². The number of carbonyl (C=O) groups excluding carboxylic acids is 4. The average molecular weight is 453 g/mol. The third-order valence-electron chi connectivity index (χ3n) is 6.61. The van der Waals surface area contributed by atoms with E-state index in [4.69, 9.17) is 9.47 Å². The van der Waals surface area contributed by atoms with Gasteiger partial charge in [-0.2, -0.15) is 0 Å². The van der Waals surface area contributed by atoms with Crippen LogP contribution in [-0.4, -0.2) is 50.1 Å². The Balaban J connectivity index is 1.87. The highest BCUT2D eigenvalue weighted by atomic mass is 16.5. The van der Waals surface area contributed by atoms with Crippen LogP contribution in [0.5, 0.6) is 0 Å². The van der Waals surface area contributed by atoms with Gasteiger partial charge < -0.3 is 20.1 Å². The minimum atomic E-state index is -0.805. The lowest BCUT2D eigenvalue weighted by atomic mass is 9.79. The van der Waals surface area contributed by atoms with E-state index in [0.717, 1.165) is 64.2 Å². The summed E-state index contributed by atoms with van der Waals surface area (Å²) in [5.74, 6) is -3.26. The van der Waals surface area contributed by atoms with Crippen molar-refractivity contribution in [2.75, 3.05) is 26.3 Å². The normalized spacial score (nSPS) is 19.4. The predicted molar refractivity (Wildman–Crippen MR) is 119 cm³/mol. The second-order valence-electron chi connectivity index (χ2n) is 8.84. The largest absolute Gasteiger partial charge is 0.465 e. The van der Waals surface area contributed by atoms with E-state index < -0.39 is 23.8 Å². The molecule has 0 aromatic heterocycles. The Morgan fingerprint density at radius 3 is 1.31 bits per heavy atom. The van der Waals surface area contributed by atoms with E-state index in [9.17, 15) is 19.2 Å². The van der Waals surface area contributed by atoms with Crippen molar-refractivity contribution >= 4 is 23.8 Å². The van der Waals surface area contributed by atoms with Crippen LogP contribution in [-0.2, 0) is 28.7 Å². The topological polar surface area (TPSA) is 111 Å². The molecule has 0 radical (unpaired) electrons. The molecule has 2 saturated carbocycles. The van der Waals surface area contributed by atoms with Crippen molar-refractivity contribution in [3.63, 3.8) is 0 Å². The molecule has 2 aliphatic rings. The Morgan fingerprint density at radius 1 is 0.656 bits per heavy atom. The van der Waals surface area contributed by atoms with Crippen LogP contribution in [0.3, 0.4) is 0 Å². The first-order valence-corrected chi connectivity index (χ1v) is 12.4. The molecule has 32 heavy (non-hydrogen) atoms. The van der Waals surface area contributed by atoms with E-state index in [1.807, 2.05) is 0 Å². The molecule has 0 heterocycles. The average Bonchev–Trinajstić information content (AvgIpc) is 2.79. The standard InChI is InChI=1S/C24H40N2O6/c1-3-31-23(29)19(17-11-7-5-8-12-17)21(27)25-15-16-26-22(28)20(24(30)32-4-2)18-13-9-6-10-14-18/h17-20H,3-16H2,1-2H3,(H,25,27)(H,26,28)/t19-,20-/m1/s1. The van der Waals surface area contributed by atoms with Gasteiger partial charge in [0, 0.05) is 13.1 Å². The number of esters is 2. The monoisotopic (exact) mass is 452 g/mol. The Kier molecular flexibility index (Phi) is 11.5. The zero-order valence-electron chi connectivity index (χ0n) is 19.7. The fourth-order valence-electron chi connectivity index (χ4n) is 5.02. The highest BCUT2D eigenvalue weighted by Gasteiger charge is 2.38. The number of ether oxygens (including phenoxy) is 2. The summed E-state index contributed by atoms with van der Waals surface area (Å²) in [5, 5.41) is 5.55. The zero-order chi connectivity index (χ0) is 23.3. The van der Waals surface area contributed by atoms with E-state index in [1.165, 1.54) is 0 Å². The maximum atomic E-state index is 12.8. The SMILES string of the molecule is CCOC(=O)[C@@H](C(=O)NCCNC(=O)[C@H](C(=O)OCC)C1CCCCC1)C1CCCCC1. The van der Waals surface area contributed by atoms with Gasteiger partial charge in [0.15, 0.2) is 0 Å². The molecule has 0 saturated heterocycles. The van der Waals surface area contributed by atoms with Crippen LogP contribution in [0, 0.1) is 23.7 Å². The summed E-state index contributed by atoms with van der Waals surface area (Å²) < 4.78 is 10.3. The highest BCUT2D eigenvalue weighted by Crippen LogP contribution is 2.32. The molecule has 2 atom stereocenters. The van der Waals surface area contributed by atoms with Crippen LogP contribution in [0.1, 0.15) is 78.1 Å². The van der Waals surface area contributed by atoms with Crippen molar-refractivity contribution in [2.24, 2.45) is 23.7 Å². The quantitative estimate of drug-likeness (QED) is 0.283. The molecular formula is C24H40N2O6. The Bertz CT molecular complexity index is 572. The highest BCUT2D eigenvalue weighted by molar-refractivity contribution is 5.99. The molecule has 8 heteroatoms. The summed E-state index contributed by atoms with van der Waals surface area (Å²) in [7, 11) is 0. The van der Waals surface area contributed by atoms with Crippen molar-refractivity contribution < 1.29 is 28.7 Å². The van der Waals surface area contributed by atoms with Crippen molar-refractivity contribution in [2.45, 2.75) is 78.1 Å². The van der Waals surface area contributed by atoms with Gasteiger partial charge in [-0.05, 0) is 51.4 Å². The van der Waals surface area contributed by atoms with Crippen molar-refractivity contribution in [1.82, 2.24) is 10.6 Å². The molecule has 182 valence electrons. The Labute approximate surface area is 191 Å². The van der Waals surface area contributed by atoms with Crippen LogP contribution in [0.25, 0.3) is 0 Å².